The van der Waals surface area contributed by atoms with Gasteiger partial charge < -0.3 is 15.2 Å². The number of aliphatic imine (C=N–C) groups is 1. The Bertz CT molecular complexity index is 789. The Morgan fingerprint density at radius 2 is 1.91 bits per heavy atom. The molecule has 1 aromatic carbocycles. The fourth-order valence-corrected chi connectivity index (χ4v) is 4.41. The maximum absolute atomic E-state index is 9.92. The van der Waals surface area contributed by atoms with Crippen LogP contribution in [0, 0.1) is 33.5 Å². The normalized spacial score (nSPS) is 37.2. The SMILES string of the molecule is N#C[C@]12C(N)=NC3(OCCO3)[C@@]1(C#N)[C@H]2c1ccccc1Br. The first-order valence-electron chi connectivity index (χ1n) is 6.80. The number of halogens is 1. The lowest BCUT2D eigenvalue weighted by molar-refractivity contribution is -0.184. The molecule has 1 aliphatic carbocycles. The van der Waals surface area contributed by atoms with Crippen LogP contribution in [-0.2, 0) is 9.47 Å². The van der Waals surface area contributed by atoms with Gasteiger partial charge in [-0.2, -0.15) is 10.5 Å². The monoisotopic (exact) mass is 358 g/mol. The average molecular weight is 359 g/mol. The van der Waals surface area contributed by atoms with Crippen LogP contribution in [0.2, 0.25) is 0 Å². The maximum Gasteiger partial charge on any atom is 0.293 e. The van der Waals surface area contributed by atoms with Gasteiger partial charge in [-0.15, -0.1) is 0 Å². The molecule has 0 aromatic heterocycles. The smallest absolute Gasteiger partial charge is 0.293 e. The summed E-state index contributed by atoms with van der Waals surface area (Å²) >= 11 is 3.49. The van der Waals surface area contributed by atoms with E-state index in [-0.39, 0.29) is 5.84 Å². The van der Waals surface area contributed by atoms with Gasteiger partial charge in [0.05, 0.1) is 25.4 Å². The van der Waals surface area contributed by atoms with Crippen LogP contribution in [0.25, 0.3) is 0 Å². The third-order valence-electron chi connectivity index (χ3n) is 4.82. The van der Waals surface area contributed by atoms with Crippen molar-refractivity contribution >= 4 is 21.8 Å². The minimum absolute atomic E-state index is 0.110. The van der Waals surface area contributed by atoms with Gasteiger partial charge in [-0.25, -0.2) is 4.99 Å². The highest BCUT2D eigenvalue weighted by Gasteiger charge is 2.94. The van der Waals surface area contributed by atoms with Gasteiger partial charge in [0.2, 0.25) is 0 Å². The fraction of sp³-hybridized carbons (Fsp3) is 0.400. The summed E-state index contributed by atoms with van der Waals surface area (Å²) in [4.78, 5) is 4.23. The number of nitrogens with zero attached hydrogens (tertiary/aromatic N) is 3. The fourth-order valence-electron chi connectivity index (χ4n) is 3.89. The number of amidine groups is 1. The molecular weight excluding hydrogens is 348 g/mol. The van der Waals surface area contributed by atoms with E-state index in [4.69, 9.17) is 15.2 Å². The van der Waals surface area contributed by atoms with Gasteiger partial charge in [0.1, 0.15) is 11.3 Å². The van der Waals surface area contributed by atoms with E-state index < -0.39 is 22.7 Å². The van der Waals surface area contributed by atoms with Crippen molar-refractivity contribution in [1.82, 2.24) is 0 Å². The molecule has 6 nitrogen and oxygen atoms in total. The van der Waals surface area contributed by atoms with Crippen LogP contribution in [0.5, 0.6) is 0 Å². The van der Waals surface area contributed by atoms with Crippen molar-refractivity contribution in [3.63, 3.8) is 0 Å². The quantitative estimate of drug-likeness (QED) is 0.821. The van der Waals surface area contributed by atoms with Gasteiger partial charge in [-0.3, -0.25) is 0 Å². The van der Waals surface area contributed by atoms with Crippen molar-refractivity contribution in [2.75, 3.05) is 13.2 Å². The van der Waals surface area contributed by atoms with Crippen molar-refractivity contribution in [2.45, 2.75) is 11.8 Å². The Kier molecular flexibility index (Phi) is 2.54. The first kappa shape index (κ1) is 13.7. The molecule has 0 amide bonds. The molecule has 4 rings (SSSR count). The summed E-state index contributed by atoms with van der Waals surface area (Å²) in [6, 6.07) is 12.0. The standard InChI is InChI=1S/C15H11BrN4O2/c16-10-4-2-1-3-9(10)11-13(7-17)12(19)20-15(14(11,13)8-18)21-5-6-22-15/h1-4,11H,5-6H2,(H2,19,20)/t11-,13-,14-/m0/s1. The second-order valence-corrected chi connectivity index (χ2v) is 6.42. The second-order valence-electron chi connectivity index (χ2n) is 5.57. The number of nitriles is 2. The summed E-state index contributed by atoms with van der Waals surface area (Å²) in [5.74, 6) is -1.80. The van der Waals surface area contributed by atoms with Gasteiger partial charge in [0.15, 0.2) is 5.41 Å². The Hall–Kier alpha value is -1.93. The molecule has 1 saturated carbocycles. The van der Waals surface area contributed by atoms with Crippen molar-refractivity contribution in [2.24, 2.45) is 21.6 Å². The van der Waals surface area contributed by atoms with Crippen LogP contribution in [0.1, 0.15) is 11.5 Å². The molecule has 1 saturated heterocycles. The predicted octanol–water partition coefficient (Wildman–Crippen LogP) is 1.64. The highest BCUT2D eigenvalue weighted by molar-refractivity contribution is 9.10. The van der Waals surface area contributed by atoms with E-state index in [1.165, 1.54) is 0 Å². The molecule has 0 unspecified atom stereocenters. The molecule has 3 atom stereocenters. The van der Waals surface area contributed by atoms with E-state index in [0.29, 0.717) is 13.2 Å². The predicted molar refractivity (Wildman–Crippen MR) is 79.2 cm³/mol. The third kappa shape index (κ3) is 1.17. The Balaban J connectivity index is 1.97. The van der Waals surface area contributed by atoms with E-state index in [1.54, 1.807) is 0 Å². The number of benzene rings is 1. The molecule has 2 heterocycles. The van der Waals surface area contributed by atoms with Gasteiger partial charge in [-0.1, -0.05) is 34.1 Å². The second kappa shape index (κ2) is 4.08. The van der Waals surface area contributed by atoms with Gasteiger partial charge in [0.25, 0.3) is 5.91 Å². The number of nitrogens with two attached hydrogens (primary N) is 1. The van der Waals surface area contributed by atoms with Crippen LogP contribution in [-0.4, -0.2) is 25.0 Å². The summed E-state index contributed by atoms with van der Waals surface area (Å²) < 4.78 is 12.1. The Morgan fingerprint density at radius 3 is 2.50 bits per heavy atom. The van der Waals surface area contributed by atoms with Crippen LogP contribution in [0.15, 0.2) is 33.7 Å². The molecule has 22 heavy (non-hydrogen) atoms. The average Bonchev–Trinajstić information content (AvgIpc) is 2.76. The van der Waals surface area contributed by atoms with Crippen molar-refractivity contribution in [3.05, 3.63) is 34.3 Å². The van der Waals surface area contributed by atoms with Gasteiger partial charge >= 0.3 is 0 Å². The molecule has 0 bridgehead atoms. The van der Waals surface area contributed by atoms with E-state index in [1.807, 2.05) is 24.3 Å². The molecule has 7 heteroatoms. The lowest BCUT2D eigenvalue weighted by Crippen LogP contribution is -2.38. The summed E-state index contributed by atoms with van der Waals surface area (Å²) in [5, 5.41) is 19.7. The minimum atomic E-state index is -1.47. The molecule has 3 aliphatic rings. The van der Waals surface area contributed by atoms with E-state index in [9.17, 15) is 10.5 Å². The first-order valence-corrected chi connectivity index (χ1v) is 7.59. The summed E-state index contributed by atoms with van der Waals surface area (Å²) in [6.07, 6.45) is 0. The highest BCUT2D eigenvalue weighted by atomic mass is 79.9. The molecule has 2 fully saturated rings. The third-order valence-corrected chi connectivity index (χ3v) is 5.54. The summed E-state index contributed by atoms with van der Waals surface area (Å²) in [7, 11) is 0. The number of hydrogen-bond acceptors (Lipinski definition) is 6. The van der Waals surface area contributed by atoms with Crippen LogP contribution in [0.4, 0.5) is 0 Å². The lowest BCUT2D eigenvalue weighted by atomic mass is 9.94. The number of hydrogen-bond donors (Lipinski definition) is 1. The number of ether oxygens (including phenoxy) is 2. The molecule has 0 radical (unpaired) electrons. The van der Waals surface area contributed by atoms with Crippen molar-refractivity contribution < 1.29 is 9.47 Å². The van der Waals surface area contributed by atoms with Crippen molar-refractivity contribution in [1.29, 1.82) is 10.5 Å². The molecule has 110 valence electrons. The van der Waals surface area contributed by atoms with E-state index in [0.717, 1.165) is 10.0 Å². The molecule has 2 aliphatic heterocycles. The minimum Gasteiger partial charge on any atom is -0.386 e. The zero-order chi connectivity index (χ0) is 15.6. The maximum atomic E-state index is 9.92. The Morgan fingerprint density at radius 1 is 1.23 bits per heavy atom. The van der Waals surface area contributed by atoms with Crippen LogP contribution < -0.4 is 5.73 Å². The number of rotatable bonds is 1. The van der Waals surface area contributed by atoms with Gasteiger partial charge in [-0.05, 0) is 11.6 Å². The summed E-state index contributed by atoms with van der Waals surface area (Å²) in [5.41, 5.74) is 4.43. The van der Waals surface area contributed by atoms with Gasteiger partial charge in [0, 0.05) is 10.4 Å². The van der Waals surface area contributed by atoms with Crippen LogP contribution >= 0.6 is 15.9 Å². The highest BCUT2D eigenvalue weighted by Crippen LogP contribution is 2.82. The van der Waals surface area contributed by atoms with Crippen molar-refractivity contribution in [3.8, 4) is 12.1 Å². The number of fused-ring (bicyclic) bond motifs is 2. The van der Waals surface area contributed by atoms with Crippen LogP contribution in [0.3, 0.4) is 0 Å². The molecular formula is C15H11BrN4O2. The first-order chi connectivity index (χ1) is 10.6. The zero-order valence-electron chi connectivity index (χ0n) is 11.4. The van der Waals surface area contributed by atoms with E-state index >= 15 is 0 Å². The topological polar surface area (TPSA) is 104 Å². The largest absolute Gasteiger partial charge is 0.386 e. The van der Waals surface area contributed by atoms with E-state index in [2.05, 4.69) is 33.1 Å². The molecule has 1 aromatic rings. The summed E-state index contributed by atoms with van der Waals surface area (Å²) in [6.45, 7) is 0.648. The molecule has 2 N–H and O–H groups in total. The zero-order valence-corrected chi connectivity index (χ0v) is 13.0. The lowest BCUT2D eigenvalue weighted by Gasteiger charge is -2.25. The Labute approximate surface area is 135 Å². The molecule has 1 spiro atoms.